The summed E-state index contributed by atoms with van der Waals surface area (Å²) < 4.78 is 9.80. The summed E-state index contributed by atoms with van der Waals surface area (Å²) in [6.45, 7) is 3.16. The number of carbonyl (C=O) groups excluding carboxylic acids is 3. The molecule has 3 aromatic rings. The molecule has 9 heteroatoms. The summed E-state index contributed by atoms with van der Waals surface area (Å²) in [5.74, 6) is -0.663. The van der Waals surface area contributed by atoms with Gasteiger partial charge in [0.25, 0.3) is 0 Å². The molecule has 202 valence electrons. The molecule has 39 heavy (non-hydrogen) atoms. The van der Waals surface area contributed by atoms with Crippen LogP contribution in [0.4, 0.5) is 21.9 Å². The molecule has 1 N–H and O–H groups in total. The lowest BCUT2D eigenvalue weighted by atomic mass is 9.90. The molecule has 4 rings (SSSR count). The van der Waals surface area contributed by atoms with Crippen LogP contribution in [0.3, 0.4) is 0 Å². The third kappa shape index (κ3) is 6.50. The number of nitrogens with one attached hydrogen (secondary N) is 1. The number of methoxy groups -OCH3 is 1. The first-order valence-electron chi connectivity index (χ1n) is 12.7. The fourth-order valence-corrected chi connectivity index (χ4v) is 4.35. The summed E-state index contributed by atoms with van der Waals surface area (Å²) in [5.41, 5.74) is 4.01. The number of nitrogens with zero attached hydrogens (tertiary/aromatic N) is 3. The fourth-order valence-electron chi connectivity index (χ4n) is 4.35. The van der Waals surface area contributed by atoms with Gasteiger partial charge >= 0.3 is 6.16 Å². The largest absolute Gasteiger partial charge is 0.513 e. The Balaban J connectivity index is 1.72. The smallest absolute Gasteiger partial charge is 0.437 e. The highest BCUT2D eigenvalue weighted by Crippen LogP contribution is 2.38. The average molecular weight is 529 g/mol. The molecule has 0 aliphatic carbocycles. The average Bonchev–Trinajstić information content (AvgIpc) is 3.27. The molecule has 1 atom stereocenters. The van der Waals surface area contributed by atoms with E-state index in [-0.39, 0.29) is 17.6 Å². The zero-order chi connectivity index (χ0) is 27.9. The van der Waals surface area contributed by atoms with Gasteiger partial charge < -0.3 is 24.6 Å². The van der Waals surface area contributed by atoms with Gasteiger partial charge in [-0.2, -0.15) is 0 Å². The fraction of sp³-hybridized carbons (Fsp3) is 0.267. The number of likely N-dealkylation sites (N-methyl/N-ethyl adjacent to an activating group) is 1. The lowest BCUT2D eigenvalue weighted by Crippen LogP contribution is -2.36. The van der Waals surface area contributed by atoms with Gasteiger partial charge in [0.1, 0.15) is 11.7 Å². The van der Waals surface area contributed by atoms with Crippen molar-refractivity contribution >= 4 is 40.7 Å². The van der Waals surface area contributed by atoms with Gasteiger partial charge in [-0.05, 0) is 67.7 Å². The van der Waals surface area contributed by atoms with Crippen molar-refractivity contribution < 1.29 is 23.9 Å². The zero-order valence-corrected chi connectivity index (χ0v) is 22.5. The Bertz CT molecular complexity index is 1370. The lowest BCUT2D eigenvalue weighted by molar-refractivity contribution is -0.118. The minimum Gasteiger partial charge on any atom is -0.437 e. The molecular weight excluding hydrogens is 496 g/mol. The molecule has 0 aromatic heterocycles. The van der Waals surface area contributed by atoms with Gasteiger partial charge in [-0.15, -0.1) is 0 Å². The van der Waals surface area contributed by atoms with Crippen LogP contribution >= 0.6 is 0 Å². The van der Waals surface area contributed by atoms with E-state index >= 15 is 0 Å². The summed E-state index contributed by atoms with van der Waals surface area (Å²) in [5, 5.41) is 2.90. The van der Waals surface area contributed by atoms with Crippen LogP contribution in [0, 0.1) is 0 Å². The van der Waals surface area contributed by atoms with Crippen LogP contribution < -0.4 is 15.0 Å². The van der Waals surface area contributed by atoms with Crippen molar-refractivity contribution in [2.45, 2.75) is 19.3 Å². The Kier molecular flexibility index (Phi) is 8.73. The molecule has 1 aliphatic rings. The van der Waals surface area contributed by atoms with Gasteiger partial charge in [0.05, 0.1) is 18.5 Å². The van der Waals surface area contributed by atoms with Gasteiger partial charge in [-0.3, -0.25) is 14.6 Å². The molecule has 0 radical (unpaired) electrons. The van der Waals surface area contributed by atoms with Crippen molar-refractivity contribution in [3.8, 4) is 5.75 Å². The molecule has 0 bridgehead atoms. The van der Waals surface area contributed by atoms with E-state index in [0.717, 1.165) is 17.8 Å². The Morgan fingerprint density at radius 2 is 1.69 bits per heavy atom. The van der Waals surface area contributed by atoms with Gasteiger partial charge in [0, 0.05) is 30.9 Å². The van der Waals surface area contributed by atoms with Gasteiger partial charge in [-0.25, -0.2) is 4.79 Å². The molecule has 0 spiro atoms. The van der Waals surface area contributed by atoms with Gasteiger partial charge in [0.15, 0.2) is 0 Å². The molecule has 1 unspecified atom stereocenters. The number of hydrogen-bond acceptors (Lipinski definition) is 7. The summed E-state index contributed by atoms with van der Waals surface area (Å²) >= 11 is 0. The number of fused-ring (bicyclic) bond motifs is 1. The van der Waals surface area contributed by atoms with Crippen LogP contribution in [-0.2, 0) is 14.3 Å². The molecule has 0 fully saturated rings. The molecule has 1 heterocycles. The van der Waals surface area contributed by atoms with E-state index in [1.807, 2.05) is 80.5 Å². The number of benzene rings is 3. The third-order valence-electron chi connectivity index (χ3n) is 6.35. The van der Waals surface area contributed by atoms with Gasteiger partial charge in [0.2, 0.25) is 11.8 Å². The summed E-state index contributed by atoms with van der Waals surface area (Å²) in [6, 6.07) is 21.8. The maximum atomic E-state index is 13.2. The molecule has 0 saturated carbocycles. The van der Waals surface area contributed by atoms with Crippen LogP contribution in [0.1, 0.15) is 30.4 Å². The van der Waals surface area contributed by atoms with Crippen LogP contribution in [0.25, 0.3) is 0 Å². The molecule has 0 saturated heterocycles. The van der Waals surface area contributed by atoms with E-state index in [1.54, 1.807) is 23.1 Å². The maximum absolute atomic E-state index is 13.2. The molecule has 3 aromatic carbocycles. The predicted octanol–water partition coefficient (Wildman–Crippen LogP) is 4.99. The number of ether oxygens (including phenoxy) is 2. The third-order valence-corrected chi connectivity index (χ3v) is 6.35. The Morgan fingerprint density at radius 1 is 0.974 bits per heavy atom. The highest BCUT2D eigenvalue weighted by atomic mass is 16.7. The number of aliphatic imine (C=N–C) groups is 1. The minimum atomic E-state index is -0.845. The quantitative estimate of drug-likeness (QED) is 0.239. The Hall–Kier alpha value is -4.50. The maximum Gasteiger partial charge on any atom is 0.513 e. The summed E-state index contributed by atoms with van der Waals surface area (Å²) in [6.07, 6.45) is -0.439. The standard InChI is InChI=1S/C30H32N4O5/c1-5-26(35)34(18-17-33(2)3)22-13-11-21(12-14-22)31-28(20-9-7-6-8-10-20)27-24-19-23(39-30(37)38-4)15-16-25(24)32-29(27)36/h6-16,19,27H,5,17-18H2,1-4H3,(H,32,36). The second-order valence-electron chi connectivity index (χ2n) is 9.31. The first kappa shape index (κ1) is 27.5. The second-order valence-corrected chi connectivity index (χ2v) is 9.31. The number of amides is 2. The highest BCUT2D eigenvalue weighted by Gasteiger charge is 2.36. The van der Waals surface area contributed by atoms with Crippen molar-refractivity contribution in [2.24, 2.45) is 4.99 Å². The number of hydrogen-bond donors (Lipinski definition) is 1. The molecule has 1 aliphatic heterocycles. The van der Waals surface area contributed by atoms with Crippen LogP contribution in [-0.4, -0.2) is 62.9 Å². The normalized spacial score (nSPS) is 14.5. The van der Waals surface area contributed by atoms with Crippen molar-refractivity contribution in [2.75, 3.05) is 44.5 Å². The topological polar surface area (TPSA) is 101 Å². The van der Waals surface area contributed by atoms with Crippen molar-refractivity contribution in [1.82, 2.24) is 4.90 Å². The van der Waals surface area contributed by atoms with Gasteiger partial charge in [-0.1, -0.05) is 37.3 Å². The Labute approximate surface area is 228 Å². The first-order chi connectivity index (χ1) is 18.8. The van der Waals surface area contributed by atoms with E-state index in [0.29, 0.717) is 35.6 Å². The highest BCUT2D eigenvalue weighted by molar-refractivity contribution is 6.24. The SMILES string of the molecule is CCC(=O)N(CCN(C)C)c1ccc(N=C(c2ccccc2)C2C(=O)Nc3ccc(OC(=O)OC)cc32)cc1. The van der Waals surface area contributed by atoms with Crippen molar-refractivity contribution in [1.29, 1.82) is 0 Å². The number of carbonyl (C=O) groups is 3. The monoisotopic (exact) mass is 528 g/mol. The lowest BCUT2D eigenvalue weighted by Gasteiger charge is -2.24. The van der Waals surface area contributed by atoms with E-state index in [1.165, 1.54) is 7.11 Å². The molecule has 9 nitrogen and oxygen atoms in total. The molecular formula is C30H32N4O5. The summed E-state index contributed by atoms with van der Waals surface area (Å²) in [4.78, 5) is 46.2. The summed E-state index contributed by atoms with van der Waals surface area (Å²) in [7, 11) is 5.17. The zero-order valence-electron chi connectivity index (χ0n) is 22.5. The first-order valence-corrected chi connectivity index (χ1v) is 12.7. The van der Waals surface area contributed by atoms with Crippen molar-refractivity contribution in [3.63, 3.8) is 0 Å². The second kappa shape index (κ2) is 12.4. The predicted molar refractivity (Wildman–Crippen MR) is 151 cm³/mol. The van der Waals surface area contributed by atoms with Crippen molar-refractivity contribution in [3.05, 3.63) is 83.9 Å². The Morgan fingerprint density at radius 3 is 2.33 bits per heavy atom. The molecule has 2 amide bonds. The van der Waals surface area contributed by atoms with Crippen LogP contribution in [0.5, 0.6) is 5.75 Å². The number of anilines is 2. The number of rotatable bonds is 9. The van der Waals surface area contributed by atoms with Crippen LogP contribution in [0.2, 0.25) is 0 Å². The van der Waals surface area contributed by atoms with E-state index in [4.69, 9.17) is 9.73 Å². The van der Waals surface area contributed by atoms with E-state index < -0.39 is 12.1 Å². The minimum absolute atomic E-state index is 0.0438. The van der Waals surface area contributed by atoms with E-state index in [2.05, 4.69) is 10.1 Å². The van der Waals surface area contributed by atoms with Crippen LogP contribution in [0.15, 0.2) is 77.8 Å². The van der Waals surface area contributed by atoms with E-state index in [9.17, 15) is 14.4 Å².